The van der Waals surface area contributed by atoms with E-state index in [4.69, 9.17) is 0 Å². The van der Waals surface area contributed by atoms with Crippen LogP contribution in [0.15, 0.2) is 194 Å². The van der Waals surface area contributed by atoms with E-state index in [0.717, 1.165) is 6.42 Å². The summed E-state index contributed by atoms with van der Waals surface area (Å²) in [4.78, 5) is 0. The van der Waals surface area contributed by atoms with Gasteiger partial charge in [-0.15, -0.1) is 0 Å². The van der Waals surface area contributed by atoms with Gasteiger partial charge in [-0.3, -0.25) is 0 Å². The first-order valence-electron chi connectivity index (χ1n) is 22.7. The van der Waals surface area contributed by atoms with Crippen LogP contribution in [0.1, 0.15) is 44.2 Å². The van der Waals surface area contributed by atoms with Crippen molar-refractivity contribution < 1.29 is 0 Å². The zero-order chi connectivity index (χ0) is 42.6. The Morgan fingerprint density at radius 1 is 0.476 bits per heavy atom. The van der Waals surface area contributed by atoms with Crippen molar-refractivity contribution in [3.63, 3.8) is 0 Å². The summed E-state index contributed by atoms with van der Waals surface area (Å²) in [6.45, 7) is 12.3. The Labute approximate surface area is 371 Å². The monoisotopic (exact) mass is 822 g/mol. The molecule has 1 heteroatoms. The molecule has 0 N–H and O–H groups in total. The van der Waals surface area contributed by atoms with Crippen LogP contribution in [0.3, 0.4) is 0 Å². The van der Waals surface area contributed by atoms with Gasteiger partial charge < -0.3 is 0 Å². The minimum absolute atomic E-state index is 0.00868. The van der Waals surface area contributed by atoms with Crippen molar-refractivity contribution in [2.45, 2.75) is 51.6 Å². The van der Waals surface area contributed by atoms with Crippen LogP contribution < -0.4 is 10.4 Å². The summed E-state index contributed by atoms with van der Waals surface area (Å²) in [5, 5.41) is 16.1. The van der Waals surface area contributed by atoms with Crippen LogP contribution in [0.5, 0.6) is 0 Å². The van der Waals surface area contributed by atoms with Gasteiger partial charge in [-0.05, 0) is 162 Å². The Morgan fingerprint density at radius 3 is 1.75 bits per heavy atom. The third-order valence-corrected chi connectivity index (χ3v) is 18.2. The van der Waals surface area contributed by atoms with E-state index < -0.39 is 8.07 Å². The lowest BCUT2D eigenvalue weighted by Gasteiger charge is -2.29. The van der Waals surface area contributed by atoms with Crippen LogP contribution in [-0.2, 0) is 5.41 Å². The summed E-state index contributed by atoms with van der Waals surface area (Å²) in [6.07, 6.45) is 10.1. The van der Waals surface area contributed by atoms with Crippen LogP contribution in [0.25, 0.3) is 98.4 Å². The minimum Gasteiger partial charge on any atom is -0.0837 e. The highest BCUT2D eigenvalue weighted by molar-refractivity contribution is 7.05. The molecule has 0 nitrogen and oxygen atoms in total. The first-order valence-corrected chi connectivity index (χ1v) is 25.7. The molecule has 1 atom stereocenters. The van der Waals surface area contributed by atoms with Gasteiger partial charge in [-0.1, -0.05) is 204 Å². The van der Waals surface area contributed by atoms with Crippen LogP contribution in [-0.4, -0.2) is 8.07 Å². The maximum absolute atomic E-state index is 2.60. The van der Waals surface area contributed by atoms with Gasteiger partial charge in [0, 0.05) is 0 Å². The average Bonchev–Trinajstić information content (AvgIpc) is 3.55. The molecule has 1 unspecified atom stereocenters. The van der Waals surface area contributed by atoms with Gasteiger partial charge in [0.1, 0.15) is 8.07 Å². The lowest BCUT2D eigenvalue weighted by atomic mass is 9.75. The Balaban J connectivity index is 1.23. The van der Waals surface area contributed by atoms with Crippen molar-refractivity contribution in [2.75, 3.05) is 0 Å². The first kappa shape index (κ1) is 37.9. The summed E-state index contributed by atoms with van der Waals surface area (Å²) < 4.78 is 0. The number of hydrogen-bond donors (Lipinski definition) is 0. The second-order valence-electron chi connectivity index (χ2n) is 19.4. The zero-order valence-corrected chi connectivity index (χ0v) is 37.8. The van der Waals surface area contributed by atoms with E-state index >= 15 is 0 Å². The predicted octanol–water partition coefficient (Wildman–Crippen LogP) is 16.2. The highest BCUT2D eigenvalue weighted by atomic mass is 28.3. The highest BCUT2D eigenvalue weighted by Gasteiger charge is 2.40. The van der Waals surface area contributed by atoms with E-state index in [1.807, 2.05) is 0 Å². The van der Waals surface area contributed by atoms with Crippen LogP contribution in [0.4, 0.5) is 0 Å². The Kier molecular flexibility index (Phi) is 8.49. The molecule has 12 rings (SSSR count). The van der Waals surface area contributed by atoms with Crippen molar-refractivity contribution in [3.05, 3.63) is 205 Å². The van der Waals surface area contributed by atoms with Gasteiger partial charge in [0.25, 0.3) is 0 Å². The molecule has 0 saturated heterocycles. The smallest absolute Gasteiger partial charge is 0.0837 e. The van der Waals surface area contributed by atoms with Gasteiger partial charge in [-0.2, -0.15) is 0 Å². The predicted molar refractivity (Wildman–Crippen MR) is 277 cm³/mol. The topological polar surface area (TPSA) is 0 Å². The normalized spacial score (nSPS) is 16.2. The van der Waals surface area contributed by atoms with Crippen molar-refractivity contribution in [3.8, 4) is 44.5 Å². The van der Waals surface area contributed by atoms with Gasteiger partial charge in [0.15, 0.2) is 0 Å². The van der Waals surface area contributed by atoms with Crippen LogP contribution >= 0.6 is 0 Å². The largest absolute Gasteiger partial charge is 0.114 e. The second kappa shape index (κ2) is 14.1. The fraction of sp³-hybridized carbons (Fsp3) is 0.129. The molecule has 2 aliphatic rings. The maximum atomic E-state index is 2.60. The highest BCUT2D eigenvalue weighted by Crippen LogP contribution is 2.48. The molecule has 0 amide bonds. The minimum atomic E-state index is -2.28. The second-order valence-corrected chi connectivity index (χ2v) is 23.7. The van der Waals surface area contributed by atoms with Crippen molar-refractivity contribution in [1.29, 1.82) is 0 Å². The molecule has 0 bridgehead atoms. The van der Waals surface area contributed by atoms with E-state index in [9.17, 15) is 0 Å². The number of allylic oxidation sites excluding steroid dienone is 4. The van der Waals surface area contributed by atoms with E-state index in [0.29, 0.717) is 5.92 Å². The Bertz CT molecular complexity index is 3610. The lowest BCUT2D eigenvalue weighted by molar-refractivity contribution is 0.527. The summed E-state index contributed by atoms with van der Waals surface area (Å²) in [5.41, 5.74) is 13.4. The molecular weight excluding hydrogens is 773 g/mol. The van der Waals surface area contributed by atoms with Gasteiger partial charge in [0.2, 0.25) is 0 Å². The fourth-order valence-corrected chi connectivity index (χ4v) is 14.8. The van der Waals surface area contributed by atoms with Gasteiger partial charge >= 0.3 is 0 Å². The molecule has 302 valence electrons. The van der Waals surface area contributed by atoms with Crippen LogP contribution in [0.2, 0.25) is 13.1 Å². The van der Waals surface area contributed by atoms with Crippen molar-refractivity contribution in [2.24, 2.45) is 0 Å². The molecule has 0 spiro atoms. The van der Waals surface area contributed by atoms with Gasteiger partial charge in [-0.25, -0.2) is 0 Å². The first-order chi connectivity index (χ1) is 30.6. The SMILES string of the molecule is CC1C=CC=CCC(C)(C)c2cc(-c3ccc4c(-c5ccc6ccccc6c5)c5ccc6c(c5c(-c5ccc7ccccc7c5)c4c3)[Si](C)(C)c3cc4ccccc4cc3-6)ccc21. The number of rotatable bonds is 3. The average molecular weight is 823 g/mol. The Hall–Kier alpha value is -6.80. The molecule has 63 heavy (non-hydrogen) atoms. The molecule has 0 fully saturated rings. The zero-order valence-electron chi connectivity index (χ0n) is 36.8. The molecule has 1 aliphatic carbocycles. The summed E-state index contributed by atoms with van der Waals surface area (Å²) in [7, 11) is -2.28. The van der Waals surface area contributed by atoms with E-state index in [-0.39, 0.29) is 5.41 Å². The summed E-state index contributed by atoms with van der Waals surface area (Å²) in [6, 6.07) is 65.4. The molecule has 0 aromatic heterocycles. The quantitative estimate of drug-likeness (QED) is 0.123. The maximum Gasteiger partial charge on any atom is 0.114 e. The fourth-order valence-electron chi connectivity index (χ4n) is 11.4. The third kappa shape index (κ3) is 5.94. The number of benzene rings is 10. The molecule has 0 radical (unpaired) electrons. The van der Waals surface area contributed by atoms with Crippen molar-refractivity contribution in [1.82, 2.24) is 0 Å². The standard InChI is InChI=1S/C62H50Si/c1-39-15-7-6-14-32-62(2,3)56-37-47(26-28-50(39)56)46-27-29-51-55(36-46)59(49-25-23-41-17-9-11-19-43(41)34-49)60-53(58(51)48-24-22-40-16-8-10-18-42(40)33-48)31-30-52-54-35-44-20-12-13-21-45(44)38-57(54)63(4,5)61(52)60/h6-31,33-39H,32H2,1-5H3. The van der Waals surface area contributed by atoms with Gasteiger partial charge in [0.05, 0.1) is 0 Å². The molecule has 0 saturated carbocycles. The molecular formula is C62H50Si. The molecule has 1 heterocycles. The summed E-state index contributed by atoms with van der Waals surface area (Å²) >= 11 is 0. The van der Waals surface area contributed by atoms with Crippen molar-refractivity contribution >= 4 is 72.3 Å². The van der Waals surface area contributed by atoms with E-state index in [2.05, 4.69) is 228 Å². The van der Waals surface area contributed by atoms with Crippen LogP contribution in [0, 0.1) is 0 Å². The van der Waals surface area contributed by atoms with E-state index in [1.165, 1.54) is 115 Å². The third-order valence-electron chi connectivity index (χ3n) is 14.7. The summed E-state index contributed by atoms with van der Waals surface area (Å²) in [5.74, 6) is 0.333. The molecule has 10 aromatic carbocycles. The number of hydrogen-bond acceptors (Lipinski definition) is 0. The molecule has 10 aromatic rings. The van der Waals surface area contributed by atoms with E-state index in [1.54, 1.807) is 5.19 Å². The number of fused-ring (bicyclic) bond motifs is 10. The lowest BCUT2D eigenvalue weighted by Crippen LogP contribution is -2.49. The molecule has 1 aliphatic heterocycles. The Morgan fingerprint density at radius 2 is 1.05 bits per heavy atom.